The molecule has 0 spiro atoms. The SMILES string of the molecule is Cc1ccc(-c2ccccc2)cc1.Cc1cccc(-c2ccccc2)c1.Cc1ccccc1.Cc1ccccc1.Cc1cccnc1.Cc1ccncc1. The van der Waals surface area contributed by atoms with Gasteiger partial charge in [-0.15, -0.1) is 0 Å². The topological polar surface area (TPSA) is 25.8 Å². The molecule has 0 saturated heterocycles. The fraction of sp³-hybridized carbons (Fsp3) is 0.115. The van der Waals surface area contributed by atoms with Gasteiger partial charge in [-0.25, -0.2) is 0 Å². The Bertz CT molecular complexity index is 1910. The van der Waals surface area contributed by atoms with E-state index >= 15 is 0 Å². The minimum atomic E-state index is 1.21. The van der Waals surface area contributed by atoms with Crippen molar-refractivity contribution in [3.05, 3.63) is 252 Å². The highest BCUT2D eigenvalue weighted by molar-refractivity contribution is 5.64. The molecule has 2 nitrogen and oxygen atoms in total. The Morgan fingerprint density at radius 2 is 0.611 bits per heavy atom. The van der Waals surface area contributed by atoms with Crippen molar-refractivity contribution in [3.63, 3.8) is 0 Å². The smallest absolute Gasteiger partial charge is 0.0297 e. The molecule has 8 rings (SSSR count). The lowest BCUT2D eigenvalue weighted by Gasteiger charge is -2.01. The first kappa shape index (κ1) is 42.0. The van der Waals surface area contributed by atoms with Crippen molar-refractivity contribution in [2.75, 3.05) is 0 Å². The number of aromatic nitrogens is 2. The van der Waals surface area contributed by atoms with E-state index < -0.39 is 0 Å². The minimum Gasteiger partial charge on any atom is -0.265 e. The monoisotopic (exact) mass is 706 g/mol. The zero-order valence-electron chi connectivity index (χ0n) is 32.7. The maximum atomic E-state index is 3.88. The van der Waals surface area contributed by atoms with Gasteiger partial charge in [0.15, 0.2) is 0 Å². The first-order chi connectivity index (χ1) is 26.3. The third-order valence-corrected chi connectivity index (χ3v) is 7.82. The number of hydrogen-bond acceptors (Lipinski definition) is 2. The molecule has 8 aromatic rings. The van der Waals surface area contributed by atoms with Gasteiger partial charge >= 0.3 is 0 Å². The molecule has 54 heavy (non-hydrogen) atoms. The van der Waals surface area contributed by atoms with Gasteiger partial charge in [-0.1, -0.05) is 198 Å². The van der Waals surface area contributed by atoms with Gasteiger partial charge in [0, 0.05) is 24.8 Å². The zero-order valence-corrected chi connectivity index (χ0v) is 32.7. The summed E-state index contributed by atoms with van der Waals surface area (Å²) in [6.45, 7) is 12.5. The van der Waals surface area contributed by atoms with E-state index in [1.165, 1.54) is 55.6 Å². The number of hydrogen-bond donors (Lipinski definition) is 0. The molecule has 0 N–H and O–H groups in total. The van der Waals surface area contributed by atoms with Crippen molar-refractivity contribution in [1.82, 2.24) is 9.97 Å². The minimum absolute atomic E-state index is 1.21. The van der Waals surface area contributed by atoms with E-state index in [4.69, 9.17) is 0 Å². The largest absolute Gasteiger partial charge is 0.265 e. The molecule has 2 aromatic heterocycles. The van der Waals surface area contributed by atoms with E-state index in [2.05, 4.69) is 159 Å². The molecule has 0 unspecified atom stereocenters. The molecule has 0 saturated carbocycles. The predicted octanol–water partition coefficient (Wildman–Crippen LogP) is 14.1. The molecule has 0 aliphatic carbocycles. The van der Waals surface area contributed by atoms with Crippen molar-refractivity contribution in [2.45, 2.75) is 41.5 Å². The second-order valence-electron chi connectivity index (χ2n) is 12.8. The summed E-state index contributed by atoms with van der Waals surface area (Å²) in [7, 11) is 0. The van der Waals surface area contributed by atoms with Gasteiger partial charge in [0.2, 0.25) is 0 Å². The fourth-order valence-electron chi connectivity index (χ4n) is 4.78. The first-order valence-electron chi connectivity index (χ1n) is 18.3. The van der Waals surface area contributed by atoms with Crippen molar-refractivity contribution in [3.8, 4) is 22.3 Å². The van der Waals surface area contributed by atoms with Gasteiger partial charge < -0.3 is 0 Å². The van der Waals surface area contributed by atoms with Crippen LogP contribution < -0.4 is 0 Å². The van der Waals surface area contributed by atoms with Crippen LogP contribution >= 0.6 is 0 Å². The highest BCUT2D eigenvalue weighted by atomic mass is 14.6. The van der Waals surface area contributed by atoms with Crippen molar-refractivity contribution in [2.24, 2.45) is 0 Å². The molecule has 0 aliphatic rings. The molecule has 0 radical (unpaired) electrons. The average Bonchev–Trinajstić information content (AvgIpc) is 3.21. The van der Waals surface area contributed by atoms with Crippen LogP contribution in [0.3, 0.4) is 0 Å². The Hall–Kier alpha value is -6.38. The second kappa shape index (κ2) is 25.6. The van der Waals surface area contributed by atoms with Crippen molar-refractivity contribution < 1.29 is 0 Å². The third-order valence-electron chi connectivity index (χ3n) is 7.82. The standard InChI is InChI=1S/2C13H12.2C7H8.2C6H7N/c1-11-6-5-9-13(10-11)12-7-3-2-4-8-12;1-11-7-9-13(10-8-11)12-5-3-2-4-6-12;2*1-7-5-3-2-4-6-7;1-6-2-4-7-5-3-6;1-6-3-2-4-7-5-6/h2*2-10H,1H3;2*2-6H,1H3;2*2-5H,1H3. The van der Waals surface area contributed by atoms with Crippen LogP contribution in [0, 0.1) is 41.5 Å². The summed E-state index contributed by atoms with van der Waals surface area (Å²) in [5.41, 5.74) is 12.9. The Balaban J connectivity index is 0.000000179. The van der Waals surface area contributed by atoms with Crippen LogP contribution in [0.15, 0.2) is 219 Å². The number of rotatable bonds is 2. The number of aryl methyl sites for hydroxylation is 6. The van der Waals surface area contributed by atoms with E-state index in [-0.39, 0.29) is 0 Å². The number of nitrogens with zero attached hydrogens (tertiary/aromatic N) is 2. The summed E-state index contributed by atoms with van der Waals surface area (Å²) in [5, 5.41) is 0. The maximum Gasteiger partial charge on any atom is 0.0297 e. The lowest BCUT2D eigenvalue weighted by molar-refractivity contribution is 1.27. The molecule has 6 aromatic carbocycles. The van der Waals surface area contributed by atoms with Gasteiger partial charge in [0.05, 0.1) is 0 Å². The van der Waals surface area contributed by atoms with E-state index in [9.17, 15) is 0 Å². The fourth-order valence-corrected chi connectivity index (χ4v) is 4.78. The van der Waals surface area contributed by atoms with Gasteiger partial charge in [0.1, 0.15) is 0 Å². The summed E-state index contributed by atoms with van der Waals surface area (Å²) in [5.74, 6) is 0. The van der Waals surface area contributed by atoms with Crippen LogP contribution in [0.2, 0.25) is 0 Å². The number of benzene rings is 6. The molecule has 0 aliphatic heterocycles. The highest BCUT2D eigenvalue weighted by Gasteiger charge is 1.95. The average molecular weight is 707 g/mol. The van der Waals surface area contributed by atoms with E-state index in [1.807, 2.05) is 92.8 Å². The number of pyridine rings is 2. The van der Waals surface area contributed by atoms with Crippen LogP contribution in [-0.2, 0) is 0 Å². The predicted molar refractivity (Wildman–Crippen MR) is 234 cm³/mol. The summed E-state index contributed by atoms with van der Waals surface area (Å²) in [4.78, 5) is 7.73. The molecule has 2 heterocycles. The summed E-state index contributed by atoms with van der Waals surface area (Å²) < 4.78 is 0. The molecule has 0 fully saturated rings. The van der Waals surface area contributed by atoms with Gasteiger partial charge in [-0.05, 0) is 93.1 Å². The Morgan fingerprint density at radius 3 is 0.963 bits per heavy atom. The van der Waals surface area contributed by atoms with Crippen LogP contribution in [0.25, 0.3) is 22.3 Å². The summed E-state index contributed by atoms with van der Waals surface area (Å²) in [6.07, 6.45) is 7.18. The molecule has 0 bridgehead atoms. The quantitative estimate of drug-likeness (QED) is 0.179. The Morgan fingerprint density at radius 1 is 0.241 bits per heavy atom. The molecular weight excluding hydrogens is 653 g/mol. The Kier molecular flexibility index (Phi) is 19.9. The molecular formula is C52H54N2. The third kappa shape index (κ3) is 18.7. The summed E-state index contributed by atoms with van der Waals surface area (Å²) >= 11 is 0. The normalized spacial score (nSPS) is 9.30. The van der Waals surface area contributed by atoms with Gasteiger partial charge in [-0.3, -0.25) is 9.97 Å². The summed E-state index contributed by atoms with van der Waals surface area (Å²) in [6, 6.07) is 66.4. The molecule has 272 valence electrons. The van der Waals surface area contributed by atoms with Gasteiger partial charge in [-0.2, -0.15) is 0 Å². The van der Waals surface area contributed by atoms with Crippen LogP contribution in [0.5, 0.6) is 0 Å². The van der Waals surface area contributed by atoms with E-state index in [0.29, 0.717) is 0 Å². The second-order valence-corrected chi connectivity index (χ2v) is 12.8. The van der Waals surface area contributed by atoms with E-state index in [1.54, 1.807) is 18.6 Å². The van der Waals surface area contributed by atoms with Crippen LogP contribution in [0.4, 0.5) is 0 Å². The molecule has 2 heteroatoms. The maximum absolute atomic E-state index is 3.88. The van der Waals surface area contributed by atoms with E-state index in [0.717, 1.165) is 0 Å². The first-order valence-corrected chi connectivity index (χ1v) is 18.3. The van der Waals surface area contributed by atoms with Gasteiger partial charge in [0.25, 0.3) is 0 Å². The lowest BCUT2D eigenvalue weighted by atomic mass is 10.0. The zero-order chi connectivity index (χ0) is 38.6. The lowest BCUT2D eigenvalue weighted by Crippen LogP contribution is -1.77. The Labute approximate surface area is 324 Å². The molecule has 0 atom stereocenters. The van der Waals surface area contributed by atoms with Crippen molar-refractivity contribution in [1.29, 1.82) is 0 Å². The van der Waals surface area contributed by atoms with Crippen LogP contribution in [-0.4, -0.2) is 9.97 Å². The molecule has 0 amide bonds. The van der Waals surface area contributed by atoms with Crippen LogP contribution in [0.1, 0.15) is 33.4 Å². The van der Waals surface area contributed by atoms with Crippen molar-refractivity contribution >= 4 is 0 Å². The highest BCUT2D eigenvalue weighted by Crippen LogP contribution is 2.20.